The molecule has 0 bridgehead atoms. The van der Waals surface area contributed by atoms with Crippen LogP contribution in [-0.4, -0.2) is 19.5 Å². The fourth-order valence-corrected chi connectivity index (χ4v) is 7.95. The highest BCUT2D eigenvalue weighted by molar-refractivity contribution is 7.26. The van der Waals surface area contributed by atoms with E-state index in [4.69, 9.17) is 15.0 Å². The number of rotatable bonds is 4. The van der Waals surface area contributed by atoms with Gasteiger partial charge in [-0.2, -0.15) is 0 Å². The quantitative estimate of drug-likeness (QED) is 0.193. The Morgan fingerprint density at radius 1 is 0.500 bits per heavy atom. The van der Waals surface area contributed by atoms with Gasteiger partial charge in [0.15, 0.2) is 17.5 Å². The zero-order valence-electron chi connectivity index (χ0n) is 27.0. The van der Waals surface area contributed by atoms with E-state index in [1.165, 1.54) is 47.5 Å². The van der Waals surface area contributed by atoms with E-state index in [1.54, 1.807) is 0 Å². The molecule has 0 amide bonds. The van der Waals surface area contributed by atoms with Crippen molar-refractivity contribution in [2.75, 3.05) is 0 Å². The molecule has 48 heavy (non-hydrogen) atoms. The van der Waals surface area contributed by atoms with Gasteiger partial charge < -0.3 is 4.57 Å². The Bertz CT molecular complexity index is 2570. The van der Waals surface area contributed by atoms with Crippen LogP contribution in [0.5, 0.6) is 0 Å². The Hall–Kier alpha value is -5.65. The molecule has 0 radical (unpaired) electrons. The van der Waals surface area contributed by atoms with Crippen molar-refractivity contribution in [1.29, 1.82) is 0 Å². The molecule has 0 aliphatic heterocycles. The van der Waals surface area contributed by atoms with Gasteiger partial charge in [-0.05, 0) is 47.4 Å². The normalized spacial score (nSPS) is 12.1. The molecule has 6 aromatic carbocycles. The largest absolute Gasteiger partial charge is 0.308 e. The van der Waals surface area contributed by atoms with E-state index >= 15 is 0 Å². The average Bonchev–Trinajstić information content (AvgIpc) is 3.67. The highest BCUT2D eigenvalue weighted by atomic mass is 32.1. The van der Waals surface area contributed by atoms with Crippen LogP contribution < -0.4 is 0 Å². The van der Waals surface area contributed by atoms with Gasteiger partial charge in [0, 0.05) is 48.6 Å². The van der Waals surface area contributed by atoms with Gasteiger partial charge in [-0.25, -0.2) is 15.0 Å². The molecule has 3 heterocycles. The smallest absolute Gasteiger partial charge is 0.164 e. The van der Waals surface area contributed by atoms with Gasteiger partial charge in [0.2, 0.25) is 0 Å². The van der Waals surface area contributed by atoms with Crippen LogP contribution in [0.15, 0.2) is 140 Å². The van der Waals surface area contributed by atoms with E-state index in [9.17, 15) is 0 Å². The molecule has 0 saturated carbocycles. The van der Waals surface area contributed by atoms with Crippen molar-refractivity contribution in [3.63, 3.8) is 0 Å². The van der Waals surface area contributed by atoms with Gasteiger partial charge in [0.1, 0.15) is 0 Å². The summed E-state index contributed by atoms with van der Waals surface area (Å²) < 4.78 is 5.07. The lowest BCUT2D eigenvalue weighted by atomic mass is 9.86. The zero-order valence-corrected chi connectivity index (χ0v) is 27.8. The van der Waals surface area contributed by atoms with Gasteiger partial charge in [-0.1, -0.05) is 124 Å². The number of fused-ring (bicyclic) bond motifs is 7. The minimum atomic E-state index is 0.0257. The third-order valence-corrected chi connectivity index (χ3v) is 10.4. The van der Waals surface area contributed by atoms with E-state index in [0.717, 1.165) is 22.4 Å². The Kier molecular flexibility index (Phi) is 6.53. The molecule has 0 atom stereocenters. The fraction of sp³-hybridized carbons (Fsp3) is 0.0930. The van der Waals surface area contributed by atoms with Crippen LogP contribution in [0.25, 0.3) is 81.8 Å². The molecule has 0 aliphatic carbocycles. The Morgan fingerprint density at radius 2 is 1.04 bits per heavy atom. The predicted octanol–water partition coefficient (Wildman–Crippen LogP) is 11.6. The first-order chi connectivity index (χ1) is 23.4. The van der Waals surface area contributed by atoms with Gasteiger partial charge in [-0.15, -0.1) is 11.3 Å². The molecule has 9 rings (SSSR count). The Labute approximate surface area is 283 Å². The van der Waals surface area contributed by atoms with Gasteiger partial charge in [0.25, 0.3) is 0 Å². The highest BCUT2D eigenvalue weighted by Crippen LogP contribution is 2.43. The van der Waals surface area contributed by atoms with Gasteiger partial charge >= 0.3 is 0 Å². The summed E-state index contributed by atoms with van der Waals surface area (Å²) in [4.78, 5) is 14.8. The van der Waals surface area contributed by atoms with Crippen LogP contribution in [0.3, 0.4) is 0 Å². The summed E-state index contributed by atoms with van der Waals surface area (Å²) in [5.74, 6) is 1.97. The molecule has 0 fully saturated rings. The standard InChI is InChI=1S/C43H32N4S/c1-43(2,3)30-20-23-32-34-24-25-35-33-16-10-11-17-37(33)48-39(35)38(34)47(36(32)26-30)31-21-18-29(19-22-31)42-45-40(27-12-6-4-7-13-27)44-41(46-42)28-14-8-5-9-15-28/h4-26H,1-3H3. The lowest BCUT2D eigenvalue weighted by molar-refractivity contribution is 0.591. The summed E-state index contributed by atoms with van der Waals surface area (Å²) in [7, 11) is 0. The van der Waals surface area contributed by atoms with Crippen molar-refractivity contribution < 1.29 is 0 Å². The molecule has 9 aromatic rings. The summed E-state index contributed by atoms with van der Waals surface area (Å²) in [5, 5.41) is 5.14. The average molecular weight is 637 g/mol. The summed E-state index contributed by atoms with van der Waals surface area (Å²) in [6.45, 7) is 6.84. The van der Waals surface area contributed by atoms with Crippen LogP contribution in [0, 0.1) is 0 Å². The molecule has 0 N–H and O–H groups in total. The molecule has 3 aromatic heterocycles. The number of thiophene rings is 1. The highest BCUT2D eigenvalue weighted by Gasteiger charge is 2.21. The maximum atomic E-state index is 4.97. The number of hydrogen-bond acceptors (Lipinski definition) is 4. The van der Waals surface area contributed by atoms with Crippen molar-refractivity contribution >= 4 is 53.3 Å². The molecular weight excluding hydrogens is 605 g/mol. The zero-order chi connectivity index (χ0) is 32.4. The Morgan fingerprint density at radius 3 is 1.67 bits per heavy atom. The lowest BCUT2D eigenvalue weighted by Crippen LogP contribution is -2.10. The first-order valence-electron chi connectivity index (χ1n) is 16.3. The van der Waals surface area contributed by atoms with E-state index in [-0.39, 0.29) is 5.41 Å². The number of benzene rings is 6. The second kappa shape index (κ2) is 11.0. The van der Waals surface area contributed by atoms with Crippen LogP contribution in [-0.2, 0) is 5.41 Å². The van der Waals surface area contributed by atoms with Crippen molar-refractivity contribution in [2.24, 2.45) is 0 Å². The van der Waals surface area contributed by atoms with Gasteiger partial charge in [0.05, 0.1) is 15.7 Å². The summed E-state index contributed by atoms with van der Waals surface area (Å²) >= 11 is 1.88. The monoisotopic (exact) mass is 636 g/mol. The second-order valence-electron chi connectivity index (χ2n) is 13.3. The topological polar surface area (TPSA) is 43.6 Å². The van der Waals surface area contributed by atoms with Crippen molar-refractivity contribution in [3.8, 4) is 39.9 Å². The molecule has 0 saturated heterocycles. The molecule has 0 spiro atoms. The second-order valence-corrected chi connectivity index (χ2v) is 14.4. The van der Waals surface area contributed by atoms with Gasteiger partial charge in [-0.3, -0.25) is 0 Å². The van der Waals surface area contributed by atoms with Crippen molar-refractivity contribution in [2.45, 2.75) is 26.2 Å². The fourth-order valence-electron chi connectivity index (χ4n) is 6.71. The van der Waals surface area contributed by atoms with Crippen LogP contribution in [0.2, 0.25) is 0 Å². The van der Waals surface area contributed by atoms with Crippen LogP contribution in [0.1, 0.15) is 26.3 Å². The predicted molar refractivity (Wildman–Crippen MR) is 202 cm³/mol. The van der Waals surface area contributed by atoms with Crippen LogP contribution >= 0.6 is 11.3 Å². The molecule has 5 heteroatoms. The molecule has 0 unspecified atom stereocenters. The first kappa shape index (κ1) is 28.6. The van der Waals surface area contributed by atoms with E-state index in [2.05, 4.69) is 104 Å². The molecule has 0 aliphatic rings. The number of aromatic nitrogens is 4. The summed E-state index contributed by atoms with van der Waals surface area (Å²) in [5.41, 5.74) is 7.78. The van der Waals surface area contributed by atoms with E-state index in [1.807, 2.05) is 72.0 Å². The molecular formula is C43H32N4S. The lowest BCUT2D eigenvalue weighted by Gasteiger charge is -2.19. The van der Waals surface area contributed by atoms with Crippen LogP contribution in [0.4, 0.5) is 0 Å². The van der Waals surface area contributed by atoms with Crippen molar-refractivity contribution in [1.82, 2.24) is 19.5 Å². The third kappa shape index (κ3) is 4.70. The SMILES string of the molecule is CC(C)(C)c1ccc2c3ccc4c5ccccc5sc4c3n(-c3ccc(-c4nc(-c5ccccc5)nc(-c5ccccc5)n4)cc3)c2c1. The number of hydrogen-bond donors (Lipinski definition) is 0. The minimum Gasteiger partial charge on any atom is -0.308 e. The number of nitrogens with zero attached hydrogens (tertiary/aromatic N) is 4. The van der Waals surface area contributed by atoms with Crippen molar-refractivity contribution in [3.05, 3.63) is 145 Å². The third-order valence-electron chi connectivity index (χ3n) is 9.22. The maximum Gasteiger partial charge on any atom is 0.164 e. The molecule has 4 nitrogen and oxygen atoms in total. The minimum absolute atomic E-state index is 0.0257. The summed E-state index contributed by atoms with van der Waals surface area (Å²) in [6.07, 6.45) is 0. The van der Waals surface area contributed by atoms with E-state index < -0.39 is 0 Å². The Balaban J connectivity index is 1.26. The maximum absolute atomic E-state index is 4.97. The van der Waals surface area contributed by atoms with E-state index in [0.29, 0.717) is 17.5 Å². The summed E-state index contributed by atoms with van der Waals surface area (Å²) in [6, 6.07) is 49.3. The first-order valence-corrected chi connectivity index (χ1v) is 17.1. The molecule has 230 valence electrons.